The fourth-order valence-electron chi connectivity index (χ4n) is 3.16. The number of ether oxygens (including phenoxy) is 1. The van der Waals surface area contributed by atoms with Crippen molar-refractivity contribution in [2.75, 3.05) is 0 Å². The predicted molar refractivity (Wildman–Crippen MR) is 117 cm³/mol. The van der Waals surface area contributed by atoms with Crippen LogP contribution >= 0.6 is 7.60 Å². The Bertz CT molecular complexity index is 1190. The normalized spacial score (nSPS) is 12.4. The molecule has 2 N–H and O–H groups in total. The summed E-state index contributed by atoms with van der Waals surface area (Å²) in [7, 11) is -4.18. The quantitative estimate of drug-likeness (QED) is 0.348. The Morgan fingerprint density at radius 1 is 0.742 bits per heavy atom. The summed E-state index contributed by atoms with van der Waals surface area (Å²) in [6.45, 7) is 1.50. The minimum atomic E-state index is -4.18. The largest absolute Gasteiger partial charge is 0.457 e. The van der Waals surface area contributed by atoms with Gasteiger partial charge >= 0.3 is 7.60 Å². The zero-order valence-electron chi connectivity index (χ0n) is 16.9. The number of rotatable bonds is 6. The van der Waals surface area contributed by atoms with E-state index in [0.717, 1.165) is 28.3 Å². The van der Waals surface area contributed by atoms with Crippen LogP contribution in [0.3, 0.4) is 0 Å². The molecule has 1 unspecified atom stereocenters. The van der Waals surface area contributed by atoms with Gasteiger partial charge in [-0.1, -0.05) is 18.2 Å². The number of benzene rings is 2. The Morgan fingerprint density at radius 2 is 1.26 bits per heavy atom. The van der Waals surface area contributed by atoms with E-state index in [1.807, 2.05) is 95.8 Å². The van der Waals surface area contributed by atoms with Gasteiger partial charge < -0.3 is 14.5 Å². The molecule has 0 saturated carbocycles. The molecular formula is C24H23N2O4P+2. The molecular weight excluding hydrogens is 411 g/mol. The lowest BCUT2D eigenvalue weighted by Gasteiger charge is -2.09. The van der Waals surface area contributed by atoms with E-state index in [-0.39, 0.29) is 0 Å². The van der Waals surface area contributed by atoms with Gasteiger partial charge in [0.15, 0.2) is 24.8 Å². The Balaban J connectivity index is 1.47. The lowest BCUT2D eigenvalue weighted by atomic mass is 10.1. The molecule has 0 saturated heterocycles. The fraction of sp³-hybridized carbons (Fsp3) is 0.0833. The SMILES string of the molecule is CC([n+]1ccc(-c2cc[n+](-c3ccc(Oc4ccccc4)cc3)cc2)cc1)P(=O)(O)O. The molecule has 0 amide bonds. The van der Waals surface area contributed by atoms with Crippen LogP contribution in [0.2, 0.25) is 0 Å². The van der Waals surface area contributed by atoms with Crippen LogP contribution in [0.25, 0.3) is 16.8 Å². The van der Waals surface area contributed by atoms with Gasteiger partial charge in [-0.3, -0.25) is 4.57 Å². The van der Waals surface area contributed by atoms with Crippen molar-refractivity contribution in [3.63, 3.8) is 0 Å². The minimum absolute atomic E-state index is 0.772. The first-order valence-electron chi connectivity index (χ1n) is 9.81. The maximum absolute atomic E-state index is 11.4. The van der Waals surface area contributed by atoms with Gasteiger partial charge in [-0.15, -0.1) is 0 Å². The predicted octanol–water partition coefficient (Wildman–Crippen LogP) is 4.41. The van der Waals surface area contributed by atoms with Gasteiger partial charge in [0.1, 0.15) is 11.5 Å². The summed E-state index contributed by atoms with van der Waals surface area (Å²) in [6.07, 6.45) is 7.32. The van der Waals surface area contributed by atoms with Crippen molar-refractivity contribution in [2.45, 2.75) is 12.7 Å². The Morgan fingerprint density at radius 3 is 1.81 bits per heavy atom. The third kappa shape index (κ3) is 5.06. The smallest absolute Gasteiger partial charge is 0.392 e. The van der Waals surface area contributed by atoms with E-state index in [1.165, 1.54) is 11.5 Å². The highest BCUT2D eigenvalue weighted by molar-refractivity contribution is 7.51. The first kappa shape index (κ1) is 20.9. The van der Waals surface area contributed by atoms with E-state index in [1.54, 1.807) is 12.4 Å². The Labute approximate surface area is 180 Å². The van der Waals surface area contributed by atoms with Gasteiger partial charge in [0.2, 0.25) is 5.69 Å². The van der Waals surface area contributed by atoms with Crippen LogP contribution < -0.4 is 13.9 Å². The standard InChI is InChI=1S/C24H21N2O4P/c1-19(31(27,28)29)25-15-11-20(12-16-25)21-13-17-26(18-14-21)22-7-9-24(10-8-22)30-23-5-3-2-4-6-23/h2-19H,1H3/p+2. The van der Waals surface area contributed by atoms with Crippen molar-refractivity contribution in [1.82, 2.24) is 0 Å². The number of para-hydroxylation sites is 1. The van der Waals surface area contributed by atoms with Crippen molar-refractivity contribution in [2.24, 2.45) is 0 Å². The molecule has 0 aliphatic carbocycles. The number of pyridine rings is 2. The molecule has 0 spiro atoms. The lowest BCUT2D eigenvalue weighted by molar-refractivity contribution is -0.701. The summed E-state index contributed by atoms with van der Waals surface area (Å²) in [4.78, 5) is 18.7. The van der Waals surface area contributed by atoms with E-state index < -0.39 is 13.4 Å². The maximum Gasteiger partial charge on any atom is 0.392 e. The first-order chi connectivity index (χ1) is 14.9. The lowest BCUT2D eigenvalue weighted by Crippen LogP contribution is -2.36. The zero-order chi connectivity index (χ0) is 21.8. The van der Waals surface area contributed by atoms with E-state index in [9.17, 15) is 14.4 Å². The molecule has 6 nitrogen and oxygen atoms in total. The molecule has 156 valence electrons. The molecule has 7 heteroatoms. The van der Waals surface area contributed by atoms with Crippen LogP contribution in [-0.2, 0) is 4.57 Å². The van der Waals surface area contributed by atoms with Crippen LogP contribution in [0.15, 0.2) is 104 Å². The van der Waals surface area contributed by atoms with Gasteiger partial charge in [0, 0.05) is 43.3 Å². The number of nitrogens with zero attached hydrogens (tertiary/aromatic N) is 2. The summed E-state index contributed by atoms with van der Waals surface area (Å²) in [5.74, 6) is 0.675. The highest BCUT2D eigenvalue weighted by Gasteiger charge is 2.32. The fourth-order valence-corrected chi connectivity index (χ4v) is 3.66. The van der Waals surface area contributed by atoms with Gasteiger partial charge in [-0.05, 0) is 35.4 Å². The van der Waals surface area contributed by atoms with E-state index >= 15 is 0 Å². The minimum Gasteiger partial charge on any atom is -0.457 e. The zero-order valence-corrected chi connectivity index (χ0v) is 17.8. The van der Waals surface area contributed by atoms with Gasteiger partial charge in [0.25, 0.3) is 5.78 Å². The van der Waals surface area contributed by atoms with Crippen LogP contribution in [0.4, 0.5) is 0 Å². The van der Waals surface area contributed by atoms with Gasteiger partial charge in [0.05, 0.1) is 0 Å². The van der Waals surface area contributed by atoms with Crippen molar-refractivity contribution in [3.8, 4) is 28.3 Å². The van der Waals surface area contributed by atoms with Gasteiger partial charge in [-0.2, -0.15) is 9.13 Å². The van der Waals surface area contributed by atoms with Crippen molar-refractivity contribution < 1.29 is 28.2 Å². The van der Waals surface area contributed by atoms with Gasteiger partial charge in [-0.25, -0.2) is 0 Å². The van der Waals surface area contributed by atoms with Crippen LogP contribution in [-0.4, -0.2) is 9.79 Å². The molecule has 2 aromatic carbocycles. The highest BCUT2D eigenvalue weighted by atomic mass is 31.2. The molecule has 31 heavy (non-hydrogen) atoms. The molecule has 4 rings (SSSR count). The van der Waals surface area contributed by atoms with Crippen LogP contribution in [0.5, 0.6) is 11.5 Å². The molecule has 0 aliphatic rings. The topological polar surface area (TPSA) is 74.5 Å². The van der Waals surface area contributed by atoms with Crippen molar-refractivity contribution in [3.05, 3.63) is 104 Å². The molecule has 0 aliphatic heterocycles. The summed E-state index contributed by atoms with van der Waals surface area (Å²) < 4.78 is 20.8. The second-order valence-corrected chi connectivity index (χ2v) is 9.08. The average molecular weight is 434 g/mol. The molecule has 4 aromatic rings. The van der Waals surface area contributed by atoms with Crippen molar-refractivity contribution in [1.29, 1.82) is 0 Å². The highest BCUT2D eigenvalue weighted by Crippen LogP contribution is 2.45. The third-order valence-corrected chi connectivity index (χ3v) is 6.29. The average Bonchev–Trinajstić information content (AvgIpc) is 2.79. The van der Waals surface area contributed by atoms with E-state index in [0.29, 0.717) is 0 Å². The van der Waals surface area contributed by atoms with Crippen molar-refractivity contribution >= 4 is 7.60 Å². The number of aromatic nitrogens is 2. The molecule has 0 bridgehead atoms. The second kappa shape index (κ2) is 8.82. The molecule has 2 heterocycles. The maximum atomic E-state index is 11.4. The molecule has 0 fully saturated rings. The second-order valence-electron chi connectivity index (χ2n) is 7.16. The third-order valence-electron chi connectivity index (χ3n) is 5.05. The molecule has 2 aromatic heterocycles. The monoisotopic (exact) mass is 434 g/mol. The summed E-state index contributed by atoms with van der Waals surface area (Å²) in [5.41, 5.74) is 2.98. The summed E-state index contributed by atoms with van der Waals surface area (Å²) in [5, 5.41) is 0. The Hall–Kier alpha value is -3.31. The summed E-state index contributed by atoms with van der Waals surface area (Å²) >= 11 is 0. The van der Waals surface area contributed by atoms with Crippen LogP contribution in [0, 0.1) is 0 Å². The summed E-state index contributed by atoms with van der Waals surface area (Å²) in [6, 6.07) is 25.2. The number of hydrogen-bond donors (Lipinski definition) is 2. The Kier molecular flexibility index (Phi) is 5.96. The van der Waals surface area contributed by atoms with Crippen LogP contribution in [0.1, 0.15) is 12.7 Å². The first-order valence-corrected chi connectivity index (χ1v) is 11.5. The van der Waals surface area contributed by atoms with E-state index in [4.69, 9.17) is 4.74 Å². The number of hydrogen-bond acceptors (Lipinski definition) is 2. The molecule has 0 radical (unpaired) electrons. The molecule has 1 atom stereocenters. The van der Waals surface area contributed by atoms with E-state index in [2.05, 4.69) is 0 Å².